The van der Waals surface area contributed by atoms with E-state index >= 15 is 0 Å². The normalized spacial score (nSPS) is 12.3. The molecule has 0 spiro atoms. The van der Waals surface area contributed by atoms with Crippen LogP contribution in [-0.2, 0) is 19.7 Å². The molecule has 0 radical (unpaired) electrons. The molecular weight excluding hydrogens is 497 g/mol. The maximum Gasteiger partial charge on any atom is 0.199 e. The van der Waals surface area contributed by atoms with Crippen LogP contribution in [-0.4, -0.2) is 16.8 Å². The summed E-state index contributed by atoms with van der Waals surface area (Å²) in [4.78, 5) is 2.10. The molecule has 4 nitrogen and oxygen atoms in total. The molecule has 4 aromatic rings. The van der Waals surface area contributed by atoms with Crippen molar-refractivity contribution in [1.82, 2.24) is 0 Å². The summed E-state index contributed by atoms with van der Waals surface area (Å²) in [7, 11) is -7.12. The second-order valence-electron chi connectivity index (χ2n) is 7.56. The third-order valence-corrected chi connectivity index (χ3v) is 8.88. The molecule has 0 heterocycles. The highest BCUT2D eigenvalue weighted by atomic mass is 32.2. The number of rotatable bonds is 8. The Balaban J connectivity index is 1.42. The largest absolute Gasteiger partial charge is 0.219 e. The van der Waals surface area contributed by atoms with E-state index in [0.29, 0.717) is 0 Å². The summed E-state index contributed by atoms with van der Waals surface area (Å²) < 4.78 is 50.4. The van der Waals surface area contributed by atoms with Crippen molar-refractivity contribution in [2.45, 2.75) is 19.6 Å². The van der Waals surface area contributed by atoms with Gasteiger partial charge in [-0.05, 0) is 71.8 Å². The van der Waals surface area contributed by atoms with Crippen LogP contribution < -0.4 is 0 Å². The second kappa shape index (κ2) is 10.9. The van der Waals surface area contributed by atoms with Crippen molar-refractivity contribution in [3.8, 4) is 0 Å². The van der Waals surface area contributed by atoms with Crippen molar-refractivity contribution in [2.75, 3.05) is 0 Å². The molecule has 0 atom stereocenters. The lowest BCUT2D eigenvalue weighted by Gasteiger charge is -2.05. The molecular formula is C28H22O4S3. The standard InChI is InChI=1S/C28H22O4S3/c29-34(30,21-19-23-7-3-1-4-8-23)27-15-11-25(12-16-27)33-26-13-17-28(18-14-26)35(31,32)22-20-24-9-5-2-6-10-24/h1-22H/b21-19+,22-20+. The van der Waals surface area contributed by atoms with Gasteiger partial charge in [0.25, 0.3) is 0 Å². The van der Waals surface area contributed by atoms with E-state index in [2.05, 4.69) is 0 Å². The van der Waals surface area contributed by atoms with E-state index in [1.165, 1.54) is 22.6 Å². The second-order valence-corrected chi connectivity index (χ2v) is 12.4. The lowest BCUT2D eigenvalue weighted by molar-refractivity contribution is 0.603. The summed E-state index contributed by atoms with van der Waals surface area (Å²) in [5.74, 6) is 0. The fraction of sp³-hybridized carbons (Fsp3) is 0. The van der Waals surface area contributed by atoms with E-state index in [4.69, 9.17) is 0 Å². The van der Waals surface area contributed by atoms with Gasteiger partial charge in [-0.25, -0.2) is 16.8 Å². The van der Waals surface area contributed by atoms with Crippen LogP contribution in [0.1, 0.15) is 11.1 Å². The van der Waals surface area contributed by atoms with E-state index in [1.807, 2.05) is 60.7 Å². The summed E-state index contributed by atoms with van der Waals surface area (Å²) in [6.07, 6.45) is 3.14. The first-order chi connectivity index (χ1) is 16.8. The molecule has 0 aliphatic heterocycles. The summed E-state index contributed by atoms with van der Waals surface area (Å²) in [6.45, 7) is 0. The quantitative estimate of drug-likeness (QED) is 0.259. The average Bonchev–Trinajstić information content (AvgIpc) is 2.88. The highest BCUT2D eigenvalue weighted by Crippen LogP contribution is 2.30. The van der Waals surface area contributed by atoms with Crippen molar-refractivity contribution in [3.63, 3.8) is 0 Å². The number of hydrogen-bond acceptors (Lipinski definition) is 5. The molecule has 0 fully saturated rings. The van der Waals surface area contributed by atoms with Gasteiger partial charge in [-0.15, -0.1) is 0 Å². The summed E-state index contributed by atoms with van der Waals surface area (Å²) in [5.41, 5.74) is 1.62. The van der Waals surface area contributed by atoms with Crippen molar-refractivity contribution in [3.05, 3.63) is 131 Å². The zero-order chi connectivity index (χ0) is 24.7. The van der Waals surface area contributed by atoms with Crippen molar-refractivity contribution < 1.29 is 16.8 Å². The Kier molecular flexibility index (Phi) is 7.70. The molecule has 0 aliphatic carbocycles. The van der Waals surface area contributed by atoms with Crippen molar-refractivity contribution in [2.24, 2.45) is 0 Å². The maximum absolute atomic E-state index is 12.6. The van der Waals surface area contributed by atoms with Crippen LogP contribution >= 0.6 is 11.8 Å². The SMILES string of the molecule is O=S(=O)(/C=C/c1ccccc1)c1ccc(Sc2ccc(S(=O)(=O)/C=C/c3ccccc3)cc2)cc1. The highest BCUT2D eigenvalue weighted by molar-refractivity contribution is 7.99. The van der Waals surface area contributed by atoms with Crippen molar-refractivity contribution in [1.29, 1.82) is 0 Å². The summed E-state index contributed by atoms with van der Waals surface area (Å²) in [6, 6.07) is 31.7. The Bertz CT molecular complexity index is 1420. The number of sulfone groups is 2. The maximum atomic E-state index is 12.6. The minimum atomic E-state index is -3.56. The summed E-state index contributed by atoms with van der Waals surface area (Å²) in [5, 5.41) is 2.41. The van der Waals surface area contributed by atoms with Crippen LogP contribution in [0.25, 0.3) is 12.2 Å². The van der Waals surface area contributed by atoms with E-state index in [-0.39, 0.29) is 9.79 Å². The molecule has 7 heteroatoms. The fourth-order valence-electron chi connectivity index (χ4n) is 3.15. The molecule has 0 saturated carbocycles. The zero-order valence-corrected chi connectivity index (χ0v) is 21.0. The van der Waals surface area contributed by atoms with Crippen LogP contribution in [0.4, 0.5) is 0 Å². The van der Waals surface area contributed by atoms with Crippen LogP contribution in [0.5, 0.6) is 0 Å². The molecule has 4 aromatic carbocycles. The third-order valence-electron chi connectivity index (χ3n) is 5.02. The lowest BCUT2D eigenvalue weighted by atomic mass is 10.2. The minimum absolute atomic E-state index is 0.209. The molecule has 35 heavy (non-hydrogen) atoms. The predicted molar refractivity (Wildman–Crippen MR) is 142 cm³/mol. The van der Waals surface area contributed by atoms with Crippen molar-refractivity contribution >= 4 is 43.6 Å². The summed E-state index contributed by atoms with van der Waals surface area (Å²) >= 11 is 1.42. The highest BCUT2D eigenvalue weighted by Gasteiger charge is 2.12. The predicted octanol–water partition coefficient (Wildman–Crippen LogP) is 6.73. The van der Waals surface area contributed by atoms with E-state index in [0.717, 1.165) is 20.9 Å². The number of benzene rings is 4. The molecule has 0 bridgehead atoms. The van der Waals surface area contributed by atoms with Gasteiger partial charge in [-0.3, -0.25) is 0 Å². The van der Waals surface area contributed by atoms with Crippen LogP contribution in [0, 0.1) is 0 Å². The first kappa shape index (κ1) is 24.7. The van der Waals surface area contributed by atoms with Gasteiger partial charge in [0, 0.05) is 20.6 Å². The molecule has 0 saturated heterocycles. The first-order valence-electron chi connectivity index (χ1n) is 10.7. The average molecular weight is 519 g/mol. The fourth-order valence-corrected chi connectivity index (χ4v) is 5.99. The van der Waals surface area contributed by atoms with Gasteiger partial charge in [0.2, 0.25) is 0 Å². The molecule has 4 rings (SSSR count). The Hall–Kier alpha value is -3.39. The molecule has 0 unspecified atom stereocenters. The molecule has 0 aromatic heterocycles. The molecule has 0 aliphatic rings. The molecule has 0 amide bonds. The van der Waals surface area contributed by atoms with E-state index in [9.17, 15) is 16.8 Å². The molecule has 0 N–H and O–H groups in total. The van der Waals surface area contributed by atoms with E-state index in [1.54, 1.807) is 60.7 Å². The lowest BCUT2D eigenvalue weighted by Crippen LogP contribution is -1.96. The molecule has 176 valence electrons. The smallest absolute Gasteiger partial charge is 0.199 e. The third kappa shape index (κ3) is 6.82. The van der Waals surface area contributed by atoms with Gasteiger partial charge < -0.3 is 0 Å². The monoisotopic (exact) mass is 518 g/mol. The Morgan fingerprint density at radius 1 is 0.457 bits per heavy atom. The Morgan fingerprint density at radius 3 is 1.14 bits per heavy atom. The Morgan fingerprint density at radius 2 is 0.800 bits per heavy atom. The van der Waals surface area contributed by atoms with Gasteiger partial charge in [-0.2, -0.15) is 0 Å². The van der Waals surface area contributed by atoms with Gasteiger partial charge in [-0.1, -0.05) is 72.4 Å². The van der Waals surface area contributed by atoms with E-state index < -0.39 is 19.7 Å². The van der Waals surface area contributed by atoms with Crippen LogP contribution in [0.15, 0.2) is 140 Å². The van der Waals surface area contributed by atoms with Gasteiger partial charge in [0.15, 0.2) is 19.7 Å². The van der Waals surface area contributed by atoms with Gasteiger partial charge >= 0.3 is 0 Å². The topological polar surface area (TPSA) is 68.3 Å². The van der Waals surface area contributed by atoms with Crippen LogP contribution in [0.3, 0.4) is 0 Å². The minimum Gasteiger partial charge on any atom is -0.219 e. The van der Waals surface area contributed by atoms with Crippen LogP contribution in [0.2, 0.25) is 0 Å². The first-order valence-corrected chi connectivity index (χ1v) is 14.6. The van der Waals surface area contributed by atoms with Gasteiger partial charge in [0.05, 0.1) is 9.79 Å². The zero-order valence-electron chi connectivity index (χ0n) is 18.6. The van der Waals surface area contributed by atoms with Gasteiger partial charge in [0.1, 0.15) is 0 Å². The number of hydrogen-bond donors (Lipinski definition) is 0. The Labute approximate surface area is 210 Å².